The molecular formula is C19H13BrN6O4. The van der Waals surface area contributed by atoms with E-state index in [4.69, 9.17) is 9.84 Å². The van der Waals surface area contributed by atoms with Crippen molar-refractivity contribution >= 4 is 21.9 Å². The van der Waals surface area contributed by atoms with E-state index in [1.165, 1.54) is 11.0 Å². The topological polar surface area (TPSA) is 136 Å². The molecular weight excluding hydrogens is 456 g/mol. The number of ether oxygens (including phenoxy) is 1. The lowest BCUT2D eigenvalue weighted by atomic mass is 10.1. The molecule has 0 fully saturated rings. The van der Waals surface area contributed by atoms with Crippen molar-refractivity contribution in [2.75, 3.05) is 0 Å². The lowest BCUT2D eigenvalue weighted by molar-refractivity contribution is 0.0694. The van der Waals surface area contributed by atoms with Crippen molar-refractivity contribution in [3.8, 4) is 22.8 Å². The first-order chi connectivity index (χ1) is 14.5. The number of hydrogen-bond donors (Lipinski definition) is 2. The number of hydrogen-bond acceptors (Lipinski definition) is 7. The van der Waals surface area contributed by atoms with E-state index in [1.54, 1.807) is 18.2 Å². The molecule has 4 rings (SSSR count). The number of carboxylic acid groups (broad SMARTS) is 1. The number of carboxylic acids is 1. The maximum Gasteiger partial charge on any atom is 0.342 e. The van der Waals surface area contributed by atoms with Crippen LogP contribution in [0.5, 0.6) is 5.75 Å². The van der Waals surface area contributed by atoms with Crippen LogP contribution in [0.25, 0.3) is 17.1 Å². The standard InChI is InChI=1S/C19H13BrN6O4/c20-13-3-1-2-11(6-13)9-30-16-5-4-12(7-15(16)26-10-22-24-25-26)17-21-8-14(19(28)29)18(27)23-17/h1-8,10H,9H2,(H,28,29)(H,21,23,27). The van der Waals surface area contributed by atoms with Gasteiger partial charge in [-0.05, 0) is 46.3 Å². The largest absolute Gasteiger partial charge is 0.487 e. The highest BCUT2D eigenvalue weighted by Crippen LogP contribution is 2.28. The predicted molar refractivity (Wildman–Crippen MR) is 108 cm³/mol. The Morgan fingerprint density at radius 3 is 2.80 bits per heavy atom. The van der Waals surface area contributed by atoms with Gasteiger partial charge in [-0.3, -0.25) is 4.79 Å². The smallest absolute Gasteiger partial charge is 0.342 e. The maximum atomic E-state index is 12.0. The number of carbonyl (C=O) groups is 1. The first kappa shape index (κ1) is 19.5. The van der Waals surface area contributed by atoms with Gasteiger partial charge in [0, 0.05) is 16.2 Å². The molecule has 2 aromatic heterocycles. The Morgan fingerprint density at radius 1 is 1.23 bits per heavy atom. The summed E-state index contributed by atoms with van der Waals surface area (Å²) >= 11 is 3.43. The minimum absolute atomic E-state index is 0.206. The van der Waals surface area contributed by atoms with Gasteiger partial charge in [-0.25, -0.2) is 9.78 Å². The highest BCUT2D eigenvalue weighted by molar-refractivity contribution is 9.10. The van der Waals surface area contributed by atoms with Gasteiger partial charge in [-0.2, -0.15) is 4.68 Å². The maximum absolute atomic E-state index is 12.0. The summed E-state index contributed by atoms with van der Waals surface area (Å²) < 4.78 is 8.32. The number of nitrogens with zero attached hydrogens (tertiary/aromatic N) is 5. The molecule has 0 aliphatic carbocycles. The predicted octanol–water partition coefficient (Wildman–Crippen LogP) is 2.45. The molecule has 4 aromatic rings. The van der Waals surface area contributed by atoms with E-state index in [2.05, 4.69) is 41.4 Å². The van der Waals surface area contributed by atoms with Crippen LogP contribution < -0.4 is 10.3 Å². The van der Waals surface area contributed by atoms with Crippen LogP contribution in [0.4, 0.5) is 0 Å². The number of nitrogens with one attached hydrogen (secondary N) is 1. The molecule has 10 nitrogen and oxygen atoms in total. The molecule has 2 aromatic carbocycles. The number of halogens is 1. The summed E-state index contributed by atoms with van der Waals surface area (Å²) in [6.45, 7) is 0.316. The molecule has 2 heterocycles. The first-order valence-corrected chi connectivity index (χ1v) is 9.38. The van der Waals surface area contributed by atoms with E-state index in [0.717, 1.165) is 16.2 Å². The minimum Gasteiger partial charge on any atom is -0.487 e. The summed E-state index contributed by atoms with van der Waals surface area (Å²) in [7, 11) is 0. The Labute approximate surface area is 177 Å². The van der Waals surface area contributed by atoms with Crippen LogP contribution in [0.15, 0.2) is 64.3 Å². The van der Waals surface area contributed by atoms with Gasteiger partial charge in [0.25, 0.3) is 5.56 Å². The van der Waals surface area contributed by atoms with Crippen molar-refractivity contribution in [1.29, 1.82) is 0 Å². The zero-order chi connectivity index (χ0) is 21.1. The van der Waals surface area contributed by atoms with Crippen molar-refractivity contribution < 1.29 is 14.6 Å². The van der Waals surface area contributed by atoms with Gasteiger partial charge >= 0.3 is 5.97 Å². The van der Waals surface area contributed by atoms with Crippen molar-refractivity contribution in [2.45, 2.75) is 6.61 Å². The first-order valence-electron chi connectivity index (χ1n) is 8.59. The van der Waals surface area contributed by atoms with E-state index in [0.29, 0.717) is 23.6 Å². The van der Waals surface area contributed by atoms with Gasteiger partial charge in [-0.15, -0.1) is 5.10 Å². The fourth-order valence-electron chi connectivity index (χ4n) is 2.72. The third-order valence-corrected chi connectivity index (χ3v) is 4.63. The molecule has 0 saturated carbocycles. The summed E-state index contributed by atoms with van der Waals surface area (Å²) in [6.07, 6.45) is 2.43. The van der Waals surface area contributed by atoms with Gasteiger partial charge in [0.15, 0.2) is 0 Å². The molecule has 150 valence electrons. The molecule has 2 N–H and O–H groups in total. The van der Waals surface area contributed by atoms with E-state index < -0.39 is 17.1 Å². The molecule has 0 spiro atoms. The fraction of sp³-hybridized carbons (Fsp3) is 0.0526. The van der Waals surface area contributed by atoms with Crippen LogP contribution >= 0.6 is 15.9 Å². The second-order valence-electron chi connectivity index (χ2n) is 6.14. The minimum atomic E-state index is -1.35. The van der Waals surface area contributed by atoms with Gasteiger partial charge in [0.05, 0.1) is 0 Å². The number of H-pyrrole nitrogens is 1. The van der Waals surface area contributed by atoms with Gasteiger partial charge in [0.1, 0.15) is 35.8 Å². The van der Waals surface area contributed by atoms with E-state index in [9.17, 15) is 9.59 Å². The molecule has 0 saturated heterocycles. The number of benzene rings is 2. The van der Waals surface area contributed by atoms with E-state index in [1.807, 2.05) is 24.3 Å². The van der Waals surface area contributed by atoms with Crippen molar-refractivity contribution in [3.63, 3.8) is 0 Å². The normalized spacial score (nSPS) is 10.7. The number of rotatable bonds is 6. The molecule has 0 radical (unpaired) electrons. The summed E-state index contributed by atoms with van der Waals surface area (Å²) in [5.41, 5.74) is 0.841. The van der Waals surface area contributed by atoms with Gasteiger partial charge in [0.2, 0.25) is 0 Å². The van der Waals surface area contributed by atoms with Crippen LogP contribution in [0.3, 0.4) is 0 Å². The second kappa shape index (κ2) is 8.25. The lowest BCUT2D eigenvalue weighted by Crippen LogP contribution is -2.18. The zero-order valence-corrected chi connectivity index (χ0v) is 16.8. The molecule has 30 heavy (non-hydrogen) atoms. The zero-order valence-electron chi connectivity index (χ0n) is 15.2. The van der Waals surface area contributed by atoms with Crippen molar-refractivity contribution in [2.24, 2.45) is 0 Å². The Hall–Kier alpha value is -3.86. The fourth-order valence-corrected chi connectivity index (χ4v) is 3.17. The number of aromatic carboxylic acids is 1. The quantitative estimate of drug-likeness (QED) is 0.440. The van der Waals surface area contributed by atoms with Crippen molar-refractivity contribution in [3.05, 3.63) is 80.9 Å². The van der Waals surface area contributed by atoms with Crippen molar-refractivity contribution in [1.82, 2.24) is 30.2 Å². The number of aromatic nitrogens is 6. The van der Waals surface area contributed by atoms with Crippen LogP contribution in [0.2, 0.25) is 0 Å². The average molecular weight is 469 g/mol. The SMILES string of the molecule is O=C(O)c1cnc(-c2ccc(OCc3cccc(Br)c3)c(-n3cnnn3)c2)[nH]c1=O. The van der Waals surface area contributed by atoms with Crippen LogP contribution in [0.1, 0.15) is 15.9 Å². The average Bonchev–Trinajstić information content (AvgIpc) is 3.26. The Bertz CT molecular complexity index is 1270. The Morgan fingerprint density at radius 2 is 2.10 bits per heavy atom. The van der Waals surface area contributed by atoms with Crippen LogP contribution in [-0.4, -0.2) is 41.3 Å². The summed E-state index contributed by atoms with van der Waals surface area (Å²) in [4.78, 5) is 29.5. The molecule has 0 aliphatic heterocycles. The highest BCUT2D eigenvalue weighted by Gasteiger charge is 2.14. The molecule has 0 atom stereocenters. The molecule has 0 amide bonds. The monoisotopic (exact) mass is 468 g/mol. The molecule has 0 bridgehead atoms. The third kappa shape index (κ3) is 4.10. The summed E-state index contributed by atoms with van der Waals surface area (Å²) in [5.74, 6) is -0.630. The van der Waals surface area contributed by atoms with Gasteiger partial charge < -0.3 is 14.8 Å². The lowest BCUT2D eigenvalue weighted by Gasteiger charge is -2.13. The molecule has 0 aliphatic rings. The summed E-state index contributed by atoms with van der Waals surface area (Å²) in [6, 6.07) is 12.8. The third-order valence-electron chi connectivity index (χ3n) is 4.14. The molecule has 11 heteroatoms. The van der Waals surface area contributed by atoms with Crippen LogP contribution in [0, 0.1) is 0 Å². The van der Waals surface area contributed by atoms with Gasteiger partial charge in [-0.1, -0.05) is 28.1 Å². The Kier molecular flexibility index (Phi) is 5.35. The highest BCUT2D eigenvalue weighted by atomic mass is 79.9. The Balaban J connectivity index is 1.70. The van der Waals surface area contributed by atoms with Crippen LogP contribution in [-0.2, 0) is 6.61 Å². The van der Waals surface area contributed by atoms with E-state index >= 15 is 0 Å². The summed E-state index contributed by atoms with van der Waals surface area (Å²) in [5, 5.41) is 20.2. The second-order valence-corrected chi connectivity index (χ2v) is 7.05. The number of tetrazole rings is 1. The number of aromatic amines is 1. The van der Waals surface area contributed by atoms with E-state index in [-0.39, 0.29) is 5.82 Å². The molecule has 0 unspecified atom stereocenters.